The fraction of sp³-hybridized carbons (Fsp3) is 0.438. The number of carbonyl (C=O) groups is 1. The van der Waals surface area contributed by atoms with E-state index in [1.54, 1.807) is 6.92 Å². The van der Waals surface area contributed by atoms with Gasteiger partial charge < -0.3 is 20.3 Å². The lowest BCUT2D eigenvalue weighted by molar-refractivity contribution is -0.124. The van der Waals surface area contributed by atoms with Gasteiger partial charge in [-0.1, -0.05) is 35.5 Å². The number of hydrogen-bond acceptors (Lipinski definition) is 6. The summed E-state index contributed by atoms with van der Waals surface area (Å²) in [5, 5.41) is 6.74. The van der Waals surface area contributed by atoms with Gasteiger partial charge in [0.25, 0.3) is 0 Å². The summed E-state index contributed by atoms with van der Waals surface area (Å²) < 4.78 is 10.3. The highest BCUT2D eigenvalue weighted by molar-refractivity contribution is 5.85. The summed E-state index contributed by atoms with van der Waals surface area (Å²) in [6.45, 7) is 2.10. The van der Waals surface area contributed by atoms with Crippen molar-refractivity contribution < 1.29 is 14.1 Å². The van der Waals surface area contributed by atoms with Crippen LogP contribution in [0.15, 0.2) is 34.9 Å². The molecule has 7 nitrogen and oxygen atoms in total. The van der Waals surface area contributed by atoms with Crippen molar-refractivity contribution in [2.24, 2.45) is 5.73 Å². The first-order valence-corrected chi connectivity index (χ1v) is 7.51. The maximum Gasteiger partial charge on any atom is 0.231 e. The highest BCUT2D eigenvalue weighted by Crippen LogP contribution is 2.12. The Bertz CT molecular complexity index is 617. The van der Waals surface area contributed by atoms with E-state index in [0.29, 0.717) is 24.7 Å². The lowest BCUT2D eigenvalue weighted by atomic mass is 10.1. The van der Waals surface area contributed by atoms with Gasteiger partial charge in [-0.3, -0.25) is 4.79 Å². The Morgan fingerprint density at radius 1 is 1.38 bits per heavy atom. The van der Waals surface area contributed by atoms with Crippen LogP contribution in [0, 0.1) is 0 Å². The number of carbonyl (C=O) groups excluding carboxylic acids is 1. The molecule has 1 amide bonds. The normalized spacial score (nSPS) is 13.0. The Labute approximate surface area is 147 Å². The highest BCUT2D eigenvalue weighted by atomic mass is 35.5. The zero-order chi connectivity index (χ0) is 16.7. The van der Waals surface area contributed by atoms with Crippen molar-refractivity contribution in [3.63, 3.8) is 0 Å². The Kier molecular flexibility index (Phi) is 8.39. The molecular formula is C16H23ClN4O3. The molecule has 0 spiro atoms. The number of nitrogens with zero attached hydrogens (tertiary/aromatic N) is 2. The topological polar surface area (TPSA) is 103 Å². The summed E-state index contributed by atoms with van der Waals surface area (Å²) in [4.78, 5) is 16.2. The summed E-state index contributed by atoms with van der Waals surface area (Å²) in [5.74, 6) is 0.805. The average molecular weight is 355 g/mol. The molecule has 3 N–H and O–H groups in total. The van der Waals surface area contributed by atoms with E-state index in [2.05, 4.69) is 15.5 Å². The predicted molar refractivity (Wildman–Crippen MR) is 91.8 cm³/mol. The Morgan fingerprint density at radius 2 is 2.08 bits per heavy atom. The van der Waals surface area contributed by atoms with Crippen LogP contribution in [-0.4, -0.2) is 35.8 Å². The maximum absolute atomic E-state index is 11.9. The standard InChI is InChI=1S/C16H22N4O3.ClH/c1-11(18-14(21)9-13(10-17)22-2)16-19-15(23-20-16)8-12-6-4-3-5-7-12;/h3-7,11,13H,8-10,17H2,1-2H3,(H,18,21);1H. The van der Waals surface area contributed by atoms with Crippen molar-refractivity contribution in [3.05, 3.63) is 47.6 Å². The number of hydrogen-bond donors (Lipinski definition) is 2. The SMILES string of the molecule is COC(CN)CC(=O)NC(C)c1noc(Cc2ccccc2)n1.Cl. The molecule has 2 unspecified atom stereocenters. The van der Waals surface area contributed by atoms with E-state index < -0.39 is 0 Å². The molecule has 0 saturated carbocycles. The van der Waals surface area contributed by atoms with Gasteiger partial charge in [-0.2, -0.15) is 4.98 Å². The van der Waals surface area contributed by atoms with Crippen molar-refractivity contribution in [1.29, 1.82) is 0 Å². The first kappa shape index (κ1) is 20.1. The van der Waals surface area contributed by atoms with Gasteiger partial charge in [0.2, 0.25) is 11.8 Å². The number of aromatic nitrogens is 2. The molecule has 0 radical (unpaired) electrons. The molecule has 0 fully saturated rings. The van der Waals surface area contributed by atoms with E-state index in [1.165, 1.54) is 7.11 Å². The van der Waals surface area contributed by atoms with Crippen LogP contribution in [0.2, 0.25) is 0 Å². The number of benzene rings is 1. The molecule has 1 aromatic carbocycles. The molecule has 0 aliphatic carbocycles. The van der Waals surface area contributed by atoms with Crippen LogP contribution < -0.4 is 11.1 Å². The fourth-order valence-electron chi connectivity index (χ4n) is 2.12. The number of nitrogens with two attached hydrogens (primary N) is 1. The summed E-state index contributed by atoms with van der Waals surface area (Å²) in [6, 6.07) is 9.51. The highest BCUT2D eigenvalue weighted by Gasteiger charge is 2.18. The lowest BCUT2D eigenvalue weighted by Gasteiger charge is -2.14. The van der Waals surface area contributed by atoms with Gasteiger partial charge >= 0.3 is 0 Å². The minimum Gasteiger partial charge on any atom is -0.380 e. The number of ether oxygens (including phenoxy) is 1. The predicted octanol–water partition coefficient (Wildman–Crippen LogP) is 1.62. The largest absolute Gasteiger partial charge is 0.380 e. The van der Waals surface area contributed by atoms with Gasteiger partial charge in [0.05, 0.1) is 25.0 Å². The molecule has 24 heavy (non-hydrogen) atoms. The zero-order valence-corrected chi connectivity index (χ0v) is 14.6. The van der Waals surface area contributed by atoms with Gasteiger partial charge in [-0.25, -0.2) is 0 Å². The molecule has 0 aliphatic heterocycles. The van der Waals surface area contributed by atoms with Crippen LogP contribution in [0.1, 0.15) is 36.7 Å². The van der Waals surface area contributed by atoms with Crippen molar-refractivity contribution >= 4 is 18.3 Å². The van der Waals surface area contributed by atoms with Crippen molar-refractivity contribution in [1.82, 2.24) is 15.5 Å². The van der Waals surface area contributed by atoms with E-state index in [1.807, 2.05) is 30.3 Å². The first-order valence-electron chi connectivity index (χ1n) is 7.51. The van der Waals surface area contributed by atoms with E-state index in [4.69, 9.17) is 15.0 Å². The maximum atomic E-state index is 11.9. The smallest absolute Gasteiger partial charge is 0.231 e. The van der Waals surface area contributed by atoms with Crippen molar-refractivity contribution in [2.75, 3.05) is 13.7 Å². The molecule has 0 aliphatic rings. The fourth-order valence-corrected chi connectivity index (χ4v) is 2.12. The number of nitrogens with one attached hydrogen (secondary N) is 1. The van der Waals surface area contributed by atoms with Crippen LogP contribution >= 0.6 is 12.4 Å². The molecule has 8 heteroatoms. The number of rotatable bonds is 8. The third kappa shape index (κ3) is 5.92. The molecule has 0 saturated heterocycles. The van der Waals surface area contributed by atoms with Crippen LogP contribution in [0.5, 0.6) is 0 Å². The molecule has 2 rings (SSSR count). The second-order valence-corrected chi connectivity index (χ2v) is 5.30. The van der Waals surface area contributed by atoms with E-state index >= 15 is 0 Å². The van der Waals surface area contributed by atoms with Crippen LogP contribution in [0.3, 0.4) is 0 Å². The second kappa shape index (κ2) is 10.0. The third-order valence-electron chi connectivity index (χ3n) is 3.46. The van der Waals surface area contributed by atoms with Crippen LogP contribution in [-0.2, 0) is 16.0 Å². The molecular weight excluding hydrogens is 332 g/mol. The first-order chi connectivity index (χ1) is 11.1. The summed E-state index contributed by atoms with van der Waals surface area (Å²) in [5.41, 5.74) is 6.59. The monoisotopic (exact) mass is 354 g/mol. The Morgan fingerprint density at radius 3 is 2.71 bits per heavy atom. The zero-order valence-electron chi connectivity index (χ0n) is 13.8. The number of amides is 1. The molecule has 2 atom stereocenters. The van der Waals surface area contributed by atoms with Crippen LogP contribution in [0.4, 0.5) is 0 Å². The van der Waals surface area contributed by atoms with E-state index in [9.17, 15) is 4.79 Å². The Balaban J connectivity index is 0.00000288. The summed E-state index contributed by atoms with van der Waals surface area (Å²) >= 11 is 0. The van der Waals surface area contributed by atoms with E-state index in [0.717, 1.165) is 5.56 Å². The minimum absolute atomic E-state index is 0. The number of halogens is 1. The molecule has 0 bridgehead atoms. The van der Waals surface area contributed by atoms with Gasteiger partial charge in [0, 0.05) is 13.7 Å². The lowest BCUT2D eigenvalue weighted by Crippen LogP contribution is -2.33. The average Bonchev–Trinajstić information content (AvgIpc) is 3.02. The van der Waals surface area contributed by atoms with Gasteiger partial charge in [0.15, 0.2) is 5.82 Å². The minimum atomic E-state index is -0.342. The quantitative estimate of drug-likeness (QED) is 0.746. The molecule has 132 valence electrons. The number of methoxy groups -OCH3 is 1. The van der Waals surface area contributed by atoms with Gasteiger partial charge in [-0.05, 0) is 12.5 Å². The second-order valence-electron chi connectivity index (χ2n) is 5.30. The van der Waals surface area contributed by atoms with Crippen molar-refractivity contribution in [3.8, 4) is 0 Å². The van der Waals surface area contributed by atoms with E-state index in [-0.39, 0.29) is 36.9 Å². The molecule has 1 aromatic heterocycles. The summed E-state index contributed by atoms with van der Waals surface area (Å²) in [7, 11) is 1.53. The van der Waals surface area contributed by atoms with Crippen molar-refractivity contribution in [2.45, 2.75) is 31.9 Å². The van der Waals surface area contributed by atoms with Gasteiger partial charge in [-0.15, -0.1) is 12.4 Å². The van der Waals surface area contributed by atoms with Crippen LogP contribution in [0.25, 0.3) is 0 Å². The summed E-state index contributed by atoms with van der Waals surface area (Å²) in [6.07, 6.45) is 0.473. The molecule has 2 aromatic rings. The third-order valence-corrected chi connectivity index (χ3v) is 3.46. The van der Waals surface area contributed by atoms with Gasteiger partial charge in [0.1, 0.15) is 0 Å². The molecule has 1 heterocycles. The Hall–Kier alpha value is -1.96.